The second-order valence-corrected chi connectivity index (χ2v) is 3.73. The van der Waals surface area contributed by atoms with E-state index in [0.29, 0.717) is 5.82 Å². The lowest BCUT2D eigenvalue weighted by Crippen LogP contribution is -2.16. The van der Waals surface area contributed by atoms with Gasteiger partial charge in [-0.1, -0.05) is 59.2 Å². The third kappa shape index (κ3) is 3.20. The average Bonchev–Trinajstić information content (AvgIpc) is 2.09. The maximum atomic E-state index is 6.20. The van der Waals surface area contributed by atoms with Gasteiger partial charge in [0.15, 0.2) is 0 Å². The summed E-state index contributed by atoms with van der Waals surface area (Å²) in [5.41, 5.74) is 0. The van der Waals surface area contributed by atoms with E-state index in [9.17, 15) is 0 Å². The first-order valence-corrected chi connectivity index (χ1v) is 5.46. The molecule has 0 aliphatic carbocycles. The zero-order chi connectivity index (χ0) is 9.56. The molecule has 1 heteroatoms. The van der Waals surface area contributed by atoms with Crippen molar-refractivity contribution in [2.45, 2.75) is 59.2 Å². The van der Waals surface area contributed by atoms with Crippen LogP contribution in [0.1, 0.15) is 53.4 Å². The second kappa shape index (κ2) is 6.57. The lowest BCUT2D eigenvalue weighted by molar-refractivity contribution is 0.339. The van der Waals surface area contributed by atoms with E-state index in [2.05, 4.69) is 27.7 Å². The molecular formula is C11H23B. The zero-order valence-corrected chi connectivity index (χ0v) is 9.14. The Balaban J connectivity index is 4.02. The molecule has 0 amide bonds. The molecule has 0 saturated heterocycles. The summed E-state index contributed by atoms with van der Waals surface area (Å²) in [5, 5.41) is 0. The molecule has 0 aliphatic rings. The second-order valence-electron chi connectivity index (χ2n) is 3.73. The Hall–Kier alpha value is 0.0649. The normalized spacial score (nSPS) is 11.9. The maximum Gasteiger partial charge on any atom is 0.0707 e. The zero-order valence-electron chi connectivity index (χ0n) is 9.14. The quantitative estimate of drug-likeness (QED) is 0.526. The molecule has 0 fully saturated rings. The summed E-state index contributed by atoms with van der Waals surface area (Å²) in [6.45, 7) is 8.99. The molecule has 0 heterocycles. The van der Waals surface area contributed by atoms with Crippen LogP contribution in [0.5, 0.6) is 0 Å². The average molecular weight is 166 g/mol. The first kappa shape index (κ1) is 12.1. The van der Waals surface area contributed by atoms with Gasteiger partial charge in [-0.15, -0.1) is 0 Å². The van der Waals surface area contributed by atoms with Crippen LogP contribution in [-0.2, 0) is 0 Å². The third-order valence-corrected chi connectivity index (χ3v) is 3.19. The molecule has 0 bridgehead atoms. The van der Waals surface area contributed by atoms with Crippen molar-refractivity contribution in [3.8, 4) is 0 Å². The molecule has 0 aromatic heterocycles. The summed E-state index contributed by atoms with van der Waals surface area (Å²) < 4.78 is 0. The van der Waals surface area contributed by atoms with Crippen LogP contribution in [0, 0.1) is 11.8 Å². The van der Waals surface area contributed by atoms with E-state index in [1.165, 1.54) is 25.7 Å². The Bertz CT molecular complexity index is 81.2. The molecular weight excluding hydrogens is 143 g/mol. The van der Waals surface area contributed by atoms with Crippen LogP contribution in [-0.4, -0.2) is 7.85 Å². The lowest BCUT2D eigenvalue weighted by Gasteiger charge is -2.28. The summed E-state index contributed by atoms with van der Waals surface area (Å²) in [6, 6.07) is 0. The summed E-state index contributed by atoms with van der Waals surface area (Å²) in [6.07, 6.45) is 4.92. The summed E-state index contributed by atoms with van der Waals surface area (Å²) in [4.78, 5) is 0. The Morgan fingerprint density at radius 2 is 1.00 bits per heavy atom. The third-order valence-electron chi connectivity index (χ3n) is 3.19. The minimum Gasteiger partial charge on any atom is -0.0719 e. The highest BCUT2D eigenvalue weighted by Crippen LogP contribution is 2.33. The predicted octanol–water partition coefficient (Wildman–Crippen LogP) is 3.82. The molecule has 0 aromatic rings. The van der Waals surface area contributed by atoms with Crippen molar-refractivity contribution in [2.24, 2.45) is 11.8 Å². The Morgan fingerprint density at radius 3 is 1.17 bits per heavy atom. The lowest BCUT2D eigenvalue weighted by atomic mass is 9.65. The van der Waals surface area contributed by atoms with Gasteiger partial charge in [0.1, 0.15) is 0 Å². The van der Waals surface area contributed by atoms with Crippen molar-refractivity contribution in [2.75, 3.05) is 0 Å². The Labute approximate surface area is 79.5 Å². The van der Waals surface area contributed by atoms with E-state index < -0.39 is 0 Å². The highest BCUT2D eigenvalue weighted by Gasteiger charge is 2.19. The van der Waals surface area contributed by atoms with E-state index in [-0.39, 0.29) is 0 Å². The van der Waals surface area contributed by atoms with Gasteiger partial charge in [0.25, 0.3) is 0 Å². The van der Waals surface area contributed by atoms with Gasteiger partial charge in [0.05, 0.1) is 7.85 Å². The molecule has 0 saturated carbocycles. The monoisotopic (exact) mass is 166 g/mol. The van der Waals surface area contributed by atoms with Crippen molar-refractivity contribution in [1.82, 2.24) is 0 Å². The first-order valence-electron chi connectivity index (χ1n) is 5.46. The van der Waals surface area contributed by atoms with Crippen molar-refractivity contribution in [3.05, 3.63) is 0 Å². The van der Waals surface area contributed by atoms with Gasteiger partial charge in [0, 0.05) is 0 Å². The summed E-state index contributed by atoms with van der Waals surface area (Å²) in [5.74, 6) is 1.89. The predicted molar refractivity (Wildman–Crippen MR) is 57.6 cm³/mol. The smallest absolute Gasteiger partial charge is 0.0707 e. The van der Waals surface area contributed by atoms with Gasteiger partial charge >= 0.3 is 0 Å². The van der Waals surface area contributed by atoms with Crippen molar-refractivity contribution >= 4 is 7.85 Å². The van der Waals surface area contributed by atoms with Gasteiger partial charge in [-0.25, -0.2) is 0 Å². The topological polar surface area (TPSA) is 0 Å². The molecule has 0 aromatic carbocycles. The number of rotatable bonds is 6. The largest absolute Gasteiger partial charge is 0.0719 e. The molecule has 0 atom stereocenters. The highest BCUT2D eigenvalue weighted by molar-refractivity contribution is 6.12. The molecule has 0 nitrogen and oxygen atoms in total. The summed E-state index contributed by atoms with van der Waals surface area (Å²) >= 11 is 0. The highest BCUT2D eigenvalue weighted by atomic mass is 14.2. The molecule has 12 heavy (non-hydrogen) atoms. The van der Waals surface area contributed by atoms with Crippen molar-refractivity contribution < 1.29 is 0 Å². The van der Waals surface area contributed by atoms with E-state index >= 15 is 0 Å². The molecule has 2 radical (unpaired) electrons. The van der Waals surface area contributed by atoms with E-state index in [0.717, 1.165) is 11.8 Å². The van der Waals surface area contributed by atoms with Gasteiger partial charge in [-0.05, 0) is 11.8 Å². The minimum atomic E-state index is 0.426. The van der Waals surface area contributed by atoms with Crippen LogP contribution in [0.3, 0.4) is 0 Å². The standard InChI is InChI=1S/C11H23B/c1-5-9(6-2)11(12)10(7-3)8-4/h9-11H,5-8H2,1-4H3. The molecule has 0 rings (SSSR count). The molecule has 70 valence electrons. The Kier molecular flexibility index (Phi) is 6.60. The van der Waals surface area contributed by atoms with Crippen LogP contribution in [0.15, 0.2) is 0 Å². The van der Waals surface area contributed by atoms with Crippen LogP contribution in [0.4, 0.5) is 0 Å². The van der Waals surface area contributed by atoms with Crippen molar-refractivity contribution in [1.29, 1.82) is 0 Å². The van der Waals surface area contributed by atoms with Crippen molar-refractivity contribution in [3.63, 3.8) is 0 Å². The van der Waals surface area contributed by atoms with Gasteiger partial charge in [-0.3, -0.25) is 0 Å². The SMILES string of the molecule is [B]C(C(CC)CC)C(CC)CC. The molecule has 0 unspecified atom stereocenters. The molecule has 0 aliphatic heterocycles. The maximum absolute atomic E-state index is 6.20. The first-order chi connectivity index (χ1) is 5.71. The van der Waals surface area contributed by atoms with Crippen LogP contribution < -0.4 is 0 Å². The van der Waals surface area contributed by atoms with E-state index in [1.807, 2.05) is 0 Å². The number of hydrogen-bond donors (Lipinski definition) is 0. The van der Waals surface area contributed by atoms with Gasteiger partial charge < -0.3 is 0 Å². The van der Waals surface area contributed by atoms with Gasteiger partial charge in [-0.2, -0.15) is 0 Å². The molecule has 0 N–H and O–H groups in total. The van der Waals surface area contributed by atoms with E-state index in [4.69, 9.17) is 7.85 Å². The minimum absolute atomic E-state index is 0.426. The fourth-order valence-corrected chi connectivity index (χ4v) is 2.05. The van der Waals surface area contributed by atoms with Gasteiger partial charge in [0.2, 0.25) is 0 Å². The van der Waals surface area contributed by atoms with Crippen LogP contribution in [0.25, 0.3) is 0 Å². The fraction of sp³-hybridized carbons (Fsp3) is 1.00. The van der Waals surface area contributed by atoms with E-state index in [1.54, 1.807) is 0 Å². The van der Waals surface area contributed by atoms with Crippen LogP contribution in [0.2, 0.25) is 5.82 Å². The summed E-state index contributed by atoms with van der Waals surface area (Å²) in [7, 11) is 6.20. The number of hydrogen-bond acceptors (Lipinski definition) is 0. The van der Waals surface area contributed by atoms with Crippen LogP contribution >= 0.6 is 0 Å². The fourth-order valence-electron chi connectivity index (χ4n) is 2.05. The Morgan fingerprint density at radius 1 is 0.750 bits per heavy atom. The molecule has 0 spiro atoms.